The Morgan fingerprint density at radius 3 is 1.18 bits per heavy atom. The van der Waals surface area contributed by atoms with Crippen molar-refractivity contribution in [2.24, 2.45) is 0 Å². The fourth-order valence-corrected chi connectivity index (χ4v) is 8.14. The van der Waals surface area contributed by atoms with Crippen LogP contribution in [0.3, 0.4) is 0 Å². The molecule has 12 heteroatoms. The molecule has 0 aromatic heterocycles. The smallest absolute Gasteiger partial charge is 0.744 e. The molecule has 0 aliphatic heterocycles. The second-order valence-electron chi connectivity index (χ2n) is 13.0. The summed E-state index contributed by atoms with van der Waals surface area (Å²) in [5, 5.41) is 7.03. The van der Waals surface area contributed by atoms with E-state index in [1.165, 1.54) is 6.07 Å². The number of benzene rings is 5. The van der Waals surface area contributed by atoms with Crippen LogP contribution in [0.5, 0.6) is 0 Å². The van der Waals surface area contributed by atoms with Crippen molar-refractivity contribution in [3.05, 3.63) is 140 Å². The van der Waals surface area contributed by atoms with Crippen LogP contribution in [0.25, 0.3) is 0 Å². The third-order valence-electron chi connectivity index (χ3n) is 8.91. The zero-order valence-electron chi connectivity index (χ0n) is 30.8. The van der Waals surface area contributed by atoms with E-state index in [9.17, 15) is 25.9 Å². The molecule has 0 heterocycles. The van der Waals surface area contributed by atoms with Crippen LogP contribution in [0.2, 0.25) is 0 Å². The van der Waals surface area contributed by atoms with E-state index in [1.54, 1.807) is 0 Å². The molecule has 0 aliphatic carbocycles. The Labute approximate surface area is 346 Å². The Hall–Kier alpha value is -2.48. The van der Waals surface area contributed by atoms with Crippen LogP contribution in [-0.4, -0.2) is 25.9 Å². The Bertz CT molecular complexity index is 2190. The molecule has 5 aromatic rings. The van der Waals surface area contributed by atoms with E-state index < -0.39 is 35.9 Å². The first-order valence-corrected chi connectivity index (χ1v) is 18.6. The molecule has 0 amide bonds. The predicted molar refractivity (Wildman–Crippen MR) is 194 cm³/mol. The summed E-state index contributed by atoms with van der Waals surface area (Å²) in [4.78, 5) is -1.54. The first-order chi connectivity index (χ1) is 22.8. The molecule has 0 aliphatic rings. The normalized spacial score (nSPS) is 11.5. The average molecular weight is 743 g/mol. The van der Waals surface area contributed by atoms with E-state index in [4.69, 9.17) is 0 Å². The molecule has 0 saturated carbocycles. The number of anilines is 4. The van der Waals surface area contributed by atoms with Crippen molar-refractivity contribution in [2.75, 3.05) is 10.6 Å². The number of rotatable bonds is 9. The minimum Gasteiger partial charge on any atom is -0.744 e. The van der Waals surface area contributed by atoms with Crippen LogP contribution in [0.1, 0.15) is 67.1 Å². The van der Waals surface area contributed by atoms with Crippen molar-refractivity contribution in [1.29, 1.82) is 0 Å². The second-order valence-corrected chi connectivity index (χ2v) is 15.7. The van der Waals surface area contributed by atoms with Gasteiger partial charge in [0, 0.05) is 28.7 Å². The molecular formula is C39H40N2Na2O6S2. The van der Waals surface area contributed by atoms with Gasteiger partial charge in [0.15, 0.2) is 0 Å². The first kappa shape index (κ1) is 42.9. The molecule has 2 N–H and O–H groups in total. The monoisotopic (exact) mass is 742 g/mol. The van der Waals surface area contributed by atoms with E-state index >= 15 is 0 Å². The topological polar surface area (TPSA) is 138 Å². The van der Waals surface area contributed by atoms with Gasteiger partial charge in [-0.15, -0.1) is 0 Å². The van der Waals surface area contributed by atoms with Gasteiger partial charge < -0.3 is 19.7 Å². The van der Waals surface area contributed by atoms with Crippen LogP contribution in [0.4, 0.5) is 22.7 Å². The Morgan fingerprint density at radius 2 is 0.843 bits per heavy atom. The maximum absolute atomic E-state index is 12.7. The number of hydrogen-bond acceptors (Lipinski definition) is 8. The minimum atomic E-state index is -5.20. The summed E-state index contributed by atoms with van der Waals surface area (Å²) >= 11 is 0. The molecule has 0 saturated heterocycles. The third kappa shape index (κ3) is 9.74. The summed E-state index contributed by atoms with van der Waals surface area (Å²) in [5.74, 6) is -0.795. The number of hydrogen-bond donors (Lipinski definition) is 2. The van der Waals surface area contributed by atoms with Crippen molar-refractivity contribution in [3.8, 4) is 0 Å². The van der Waals surface area contributed by atoms with E-state index in [0.29, 0.717) is 17.2 Å². The maximum Gasteiger partial charge on any atom is 1.00 e. The molecule has 0 radical (unpaired) electrons. The molecular weight excluding hydrogens is 703 g/mol. The molecule has 0 fully saturated rings. The van der Waals surface area contributed by atoms with E-state index in [1.807, 2.05) is 91.8 Å². The maximum atomic E-state index is 12.7. The Morgan fingerprint density at radius 1 is 0.471 bits per heavy atom. The van der Waals surface area contributed by atoms with Gasteiger partial charge in [-0.2, -0.15) is 0 Å². The summed E-state index contributed by atoms with van der Waals surface area (Å²) < 4.78 is 73.7. The standard InChI is InChI=1S/C39H42N2O6S2.2Na/c1-22-15-26(5)38(27(6)16-22)40-30-9-12-33(24(3)19-30)37(35-14-11-32(48(42,43)44)21-36(35)49(45,46)47)34-13-10-31(20-25(34)4)41-39-28(7)17-23(2)18-29(39)8;;/h9-21,37,40-41H,1-8H3,(H,42,43,44)(H,45,46,47);;/q;2*+1/p-2. The molecule has 5 rings (SSSR count). The fourth-order valence-electron chi connectivity index (χ4n) is 6.83. The van der Waals surface area contributed by atoms with Gasteiger partial charge in [-0.05, 0) is 142 Å². The fraction of sp³-hybridized carbons (Fsp3) is 0.231. The van der Waals surface area contributed by atoms with Crippen molar-refractivity contribution >= 4 is 43.0 Å². The van der Waals surface area contributed by atoms with Gasteiger partial charge in [0.2, 0.25) is 0 Å². The predicted octanol–water partition coefficient (Wildman–Crippen LogP) is 2.64. The molecule has 0 unspecified atom stereocenters. The number of aryl methyl sites for hydroxylation is 8. The van der Waals surface area contributed by atoms with Crippen molar-refractivity contribution in [3.63, 3.8) is 0 Å². The van der Waals surface area contributed by atoms with Crippen molar-refractivity contribution in [2.45, 2.75) is 71.1 Å². The van der Waals surface area contributed by atoms with Gasteiger partial charge in [-0.25, -0.2) is 16.8 Å². The zero-order chi connectivity index (χ0) is 36.0. The van der Waals surface area contributed by atoms with Crippen LogP contribution < -0.4 is 69.7 Å². The quantitative estimate of drug-likeness (QED) is 0.134. The molecule has 0 atom stereocenters. The molecule has 8 nitrogen and oxygen atoms in total. The molecule has 256 valence electrons. The van der Waals surface area contributed by atoms with E-state index in [2.05, 4.69) is 34.9 Å². The van der Waals surface area contributed by atoms with Crippen LogP contribution >= 0.6 is 0 Å². The Balaban J connectivity index is 0.00000351. The van der Waals surface area contributed by atoms with Crippen LogP contribution in [0.15, 0.2) is 88.7 Å². The van der Waals surface area contributed by atoms with Gasteiger partial charge in [0.25, 0.3) is 0 Å². The summed E-state index contributed by atoms with van der Waals surface area (Å²) in [6.07, 6.45) is 0. The van der Waals surface area contributed by atoms with Crippen molar-refractivity contribution < 1.29 is 85.1 Å². The first-order valence-electron chi connectivity index (χ1n) is 15.8. The van der Waals surface area contributed by atoms with Crippen LogP contribution in [-0.2, 0) is 20.2 Å². The van der Waals surface area contributed by atoms with E-state index in [-0.39, 0.29) is 64.7 Å². The molecule has 0 spiro atoms. The van der Waals surface area contributed by atoms with Gasteiger partial charge in [-0.3, -0.25) is 0 Å². The summed E-state index contributed by atoms with van der Waals surface area (Å²) in [6, 6.07) is 22.9. The SMILES string of the molecule is Cc1cc(C)c(Nc2ccc(C(c3ccc(Nc4c(C)cc(C)cc4C)cc3C)c3ccc(S(=O)(=O)[O-])cc3S(=O)(=O)[O-])c(C)c2)c(C)c1.[Na+].[Na+]. The molecule has 0 bridgehead atoms. The van der Waals surface area contributed by atoms with Gasteiger partial charge >= 0.3 is 59.1 Å². The largest absolute Gasteiger partial charge is 1.00 e. The van der Waals surface area contributed by atoms with Gasteiger partial charge in [0.05, 0.1) is 9.79 Å². The van der Waals surface area contributed by atoms with Crippen LogP contribution in [0, 0.1) is 55.4 Å². The molecule has 5 aromatic carbocycles. The molecule has 51 heavy (non-hydrogen) atoms. The number of nitrogens with one attached hydrogen (secondary N) is 2. The third-order valence-corrected chi connectivity index (χ3v) is 10.6. The minimum absolute atomic E-state index is 0. The van der Waals surface area contributed by atoms with Crippen molar-refractivity contribution in [1.82, 2.24) is 0 Å². The average Bonchev–Trinajstić information content (AvgIpc) is 2.98. The summed E-state index contributed by atoms with van der Waals surface area (Å²) in [5.41, 5.74) is 13.4. The second kappa shape index (κ2) is 16.7. The van der Waals surface area contributed by atoms with Gasteiger partial charge in [-0.1, -0.05) is 53.6 Å². The summed E-state index contributed by atoms with van der Waals surface area (Å²) in [6.45, 7) is 16.1. The van der Waals surface area contributed by atoms with Gasteiger partial charge in [0.1, 0.15) is 20.2 Å². The zero-order valence-corrected chi connectivity index (χ0v) is 36.5. The Kier molecular flexibility index (Phi) is 14.0. The van der Waals surface area contributed by atoms with E-state index in [0.717, 1.165) is 73.3 Å². The summed E-state index contributed by atoms with van der Waals surface area (Å²) in [7, 11) is -10.2.